The summed E-state index contributed by atoms with van der Waals surface area (Å²) in [6.45, 7) is 2.80. The lowest BCUT2D eigenvalue weighted by Gasteiger charge is -2.03. The number of aromatic carboxylic acids is 1. The number of rotatable bonds is 4. The second-order valence-electron chi connectivity index (χ2n) is 3.77. The van der Waals surface area contributed by atoms with Gasteiger partial charge in [0.2, 0.25) is 5.88 Å². The third kappa shape index (κ3) is 1.95. The molecule has 0 amide bonds. The van der Waals surface area contributed by atoms with E-state index in [-0.39, 0.29) is 5.56 Å². The fourth-order valence-electron chi connectivity index (χ4n) is 1.82. The second-order valence-corrected chi connectivity index (χ2v) is 3.77. The Morgan fingerprint density at radius 2 is 2.29 bits per heavy atom. The zero-order chi connectivity index (χ0) is 12.4. The second kappa shape index (κ2) is 4.45. The summed E-state index contributed by atoms with van der Waals surface area (Å²) < 4.78 is 7.06. The molecule has 0 fully saturated rings. The van der Waals surface area contributed by atoms with Crippen LogP contribution in [-0.2, 0) is 6.54 Å². The highest BCUT2D eigenvalue weighted by Gasteiger charge is 2.13. The van der Waals surface area contributed by atoms with Gasteiger partial charge >= 0.3 is 5.97 Å². The van der Waals surface area contributed by atoms with Crippen molar-refractivity contribution in [2.45, 2.75) is 19.9 Å². The number of methoxy groups -OCH3 is 1. The zero-order valence-corrected chi connectivity index (χ0v) is 9.80. The molecule has 0 radical (unpaired) electrons. The number of carboxylic acid groups (broad SMARTS) is 1. The van der Waals surface area contributed by atoms with Crippen LogP contribution in [0.4, 0.5) is 0 Å². The molecule has 0 spiro atoms. The van der Waals surface area contributed by atoms with E-state index in [4.69, 9.17) is 9.84 Å². The Balaban J connectivity index is 2.60. The van der Waals surface area contributed by atoms with E-state index in [9.17, 15) is 4.79 Å². The number of hydrogen-bond acceptors (Lipinski definition) is 3. The Hall–Kier alpha value is -2.04. The van der Waals surface area contributed by atoms with E-state index in [2.05, 4.69) is 12.0 Å². The van der Waals surface area contributed by atoms with Gasteiger partial charge in [0, 0.05) is 6.54 Å². The van der Waals surface area contributed by atoms with Crippen molar-refractivity contribution >= 4 is 16.9 Å². The molecule has 0 saturated carbocycles. The minimum Gasteiger partial charge on any atom is -0.481 e. The predicted octanol–water partition coefficient (Wildman–Crippen LogP) is 2.15. The van der Waals surface area contributed by atoms with Gasteiger partial charge in [-0.1, -0.05) is 6.92 Å². The number of aryl methyl sites for hydroxylation is 1. The molecule has 1 N–H and O–H groups in total. The first-order valence-electron chi connectivity index (χ1n) is 5.45. The zero-order valence-electron chi connectivity index (χ0n) is 9.80. The van der Waals surface area contributed by atoms with Crippen LogP contribution in [-0.4, -0.2) is 28.0 Å². The summed E-state index contributed by atoms with van der Waals surface area (Å²) in [5.74, 6) is -0.269. The standard InChI is InChI=1S/C12H14N2O3/c1-3-6-14-11(17-2)9-5-4-8(12(15)16)7-10(9)13-14/h4-5,7H,3,6H2,1-2H3,(H,15,16). The first-order valence-corrected chi connectivity index (χ1v) is 5.45. The minimum absolute atomic E-state index is 0.237. The average molecular weight is 234 g/mol. The minimum atomic E-state index is -0.948. The third-order valence-corrected chi connectivity index (χ3v) is 2.57. The van der Waals surface area contributed by atoms with Crippen molar-refractivity contribution in [3.63, 3.8) is 0 Å². The van der Waals surface area contributed by atoms with E-state index in [1.54, 1.807) is 30.0 Å². The van der Waals surface area contributed by atoms with E-state index in [1.165, 1.54) is 0 Å². The molecular weight excluding hydrogens is 220 g/mol. The molecule has 0 atom stereocenters. The van der Waals surface area contributed by atoms with E-state index < -0.39 is 5.97 Å². The maximum atomic E-state index is 10.9. The highest BCUT2D eigenvalue weighted by atomic mass is 16.5. The molecule has 0 aliphatic carbocycles. The van der Waals surface area contributed by atoms with Gasteiger partial charge in [-0.05, 0) is 24.6 Å². The van der Waals surface area contributed by atoms with Crippen molar-refractivity contribution in [1.29, 1.82) is 0 Å². The Morgan fingerprint density at radius 1 is 1.53 bits per heavy atom. The number of fused-ring (bicyclic) bond motifs is 1. The number of hydrogen-bond donors (Lipinski definition) is 1. The molecule has 0 aliphatic heterocycles. The summed E-state index contributed by atoms with van der Waals surface area (Å²) in [6, 6.07) is 4.86. The van der Waals surface area contributed by atoms with Crippen molar-refractivity contribution in [3.05, 3.63) is 23.8 Å². The van der Waals surface area contributed by atoms with Gasteiger partial charge in [-0.2, -0.15) is 5.10 Å². The largest absolute Gasteiger partial charge is 0.481 e. The highest BCUT2D eigenvalue weighted by Crippen LogP contribution is 2.26. The number of benzene rings is 1. The Morgan fingerprint density at radius 3 is 2.88 bits per heavy atom. The van der Waals surface area contributed by atoms with Crippen LogP contribution < -0.4 is 4.74 Å². The van der Waals surface area contributed by atoms with Gasteiger partial charge in [-0.3, -0.25) is 0 Å². The van der Waals surface area contributed by atoms with Gasteiger partial charge in [-0.15, -0.1) is 0 Å². The van der Waals surface area contributed by atoms with Crippen LogP contribution in [0.25, 0.3) is 10.9 Å². The van der Waals surface area contributed by atoms with Gasteiger partial charge in [0.05, 0.1) is 23.6 Å². The maximum Gasteiger partial charge on any atom is 0.335 e. The molecule has 5 heteroatoms. The van der Waals surface area contributed by atoms with E-state index in [0.717, 1.165) is 18.4 Å². The smallest absolute Gasteiger partial charge is 0.335 e. The molecule has 0 unspecified atom stereocenters. The molecule has 0 bridgehead atoms. The number of aromatic nitrogens is 2. The van der Waals surface area contributed by atoms with Crippen molar-refractivity contribution in [2.24, 2.45) is 0 Å². The van der Waals surface area contributed by atoms with Crippen LogP contribution >= 0.6 is 0 Å². The van der Waals surface area contributed by atoms with Crippen LogP contribution in [0.5, 0.6) is 5.88 Å². The summed E-state index contributed by atoms with van der Waals surface area (Å²) in [5, 5.41) is 14.1. The van der Waals surface area contributed by atoms with Crippen molar-refractivity contribution in [3.8, 4) is 5.88 Å². The monoisotopic (exact) mass is 234 g/mol. The lowest BCUT2D eigenvalue weighted by atomic mass is 10.1. The average Bonchev–Trinajstić information content (AvgIpc) is 2.65. The number of ether oxygens (including phenoxy) is 1. The van der Waals surface area contributed by atoms with Gasteiger partial charge in [0.15, 0.2) is 0 Å². The number of carboxylic acids is 1. The Bertz CT molecular complexity index is 560. The van der Waals surface area contributed by atoms with Crippen molar-refractivity contribution < 1.29 is 14.6 Å². The lowest BCUT2D eigenvalue weighted by molar-refractivity contribution is 0.0697. The fourth-order valence-corrected chi connectivity index (χ4v) is 1.82. The Labute approximate surface area is 98.6 Å². The molecule has 2 aromatic rings. The molecule has 1 aromatic heterocycles. The van der Waals surface area contributed by atoms with E-state index in [1.807, 2.05) is 0 Å². The van der Waals surface area contributed by atoms with Gasteiger partial charge in [0.25, 0.3) is 0 Å². The number of nitrogens with zero attached hydrogens (tertiary/aromatic N) is 2. The fraction of sp³-hybridized carbons (Fsp3) is 0.333. The van der Waals surface area contributed by atoms with Crippen LogP contribution in [0.2, 0.25) is 0 Å². The summed E-state index contributed by atoms with van der Waals surface area (Å²) in [7, 11) is 1.59. The number of carbonyl (C=O) groups is 1. The first-order chi connectivity index (χ1) is 8.17. The summed E-state index contributed by atoms with van der Waals surface area (Å²) in [5.41, 5.74) is 0.886. The van der Waals surface area contributed by atoms with Gasteiger partial charge in [-0.25, -0.2) is 9.48 Å². The van der Waals surface area contributed by atoms with Crippen LogP contribution in [0.3, 0.4) is 0 Å². The molecule has 5 nitrogen and oxygen atoms in total. The van der Waals surface area contributed by atoms with Crippen molar-refractivity contribution in [2.75, 3.05) is 7.11 Å². The lowest BCUT2D eigenvalue weighted by Crippen LogP contribution is -2.01. The molecule has 90 valence electrons. The third-order valence-electron chi connectivity index (χ3n) is 2.57. The summed E-state index contributed by atoms with van der Waals surface area (Å²) in [6.07, 6.45) is 0.941. The predicted molar refractivity (Wildman–Crippen MR) is 63.5 cm³/mol. The molecule has 0 aliphatic rings. The molecule has 0 saturated heterocycles. The molecule has 2 rings (SSSR count). The maximum absolute atomic E-state index is 10.9. The normalized spacial score (nSPS) is 10.7. The highest BCUT2D eigenvalue weighted by molar-refractivity contribution is 5.94. The first kappa shape index (κ1) is 11.4. The molecule has 1 heterocycles. The van der Waals surface area contributed by atoms with Crippen LogP contribution in [0, 0.1) is 0 Å². The quantitative estimate of drug-likeness (QED) is 0.880. The Kier molecular flexibility index (Phi) is 2.99. The van der Waals surface area contributed by atoms with Crippen LogP contribution in [0.15, 0.2) is 18.2 Å². The van der Waals surface area contributed by atoms with E-state index >= 15 is 0 Å². The summed E-state index contributed by atoms with van der Waals surface area (Å²) >= 11 is 0. The van der Waals surface area contributed by atoms with Crippen LogP contribution in [0.1, 0.15) is 23.7 Å². The van der Waals surface area contributed by atoms with Crippen molar-refractivity contribution in [1.82, 2.24) is 9.78 Å². The van der Waals surface area contributed by atoms with Gasteiger partial charge < -0.3 is 9.84 Å². The van der Waals surface area contributed by atoms with E-state index in [0.29, 0.717) is 11.4 Å². The topological polar surface area (TPSA) is 64.4 Å². The summed E-state index contributed by atoms with van der Waals surface area (Å²) in [4.78, 5) is 10.9. The molecular formula is C12H14N2O3. The molecule has 17 heavy (non-hydrogen) atoms. The van der Waals surface area contributed by atoms with Gasteiger partial charge in [0.1, 0.15) is 0 Å². The SMILES string of the molecule is CCCn1nc2cc(C(=O)O)ccc2c1OC. The molecule has 1 aromatic carbocycles.